The molecule has 1 aliphatic carbocycles. The van der Waals surface area contributed by atoms with Crippen molar-refractivity contribution >= 4 is 0 Å². The molecular formula is C14H20FN. The first-order valence-corrected chi connectivity index (χ1v) is 6.11. The van der Waals surface area contributed by atoms with Gasteiger partial charge in [0.1, 0.15) is 5.82 Å². The van der Waals surface area contributed by atoms with Crippen LogP contribution in [0.2, 0.25) is 0 Å². The van der Waals surface area contributed by atoms with E-state index in [2.05, 4.69) is 19.2 Å². The van der Waals surface area contributed by atoms with Crippen molar-refractivity contribution in [2.75, 3.05) is 13.1 Å². The summed E-state index contributed by atoms with van der Waals surface area (Å²) in [6.45, 7) is 6.28. The fraction of sp³-hybridized carbons (Fsp3) is 0.571. The molecule has 1 aliphatic rings. The van der Waals surface area contributed by atoms with E-state index in [-0.39, 0.29) is 5.82 Å². The van der Waals surface area contributed by atoms with E-state index in [1.165, 1.54) is 24.0 Å². The number of rotatable bonds is 5. The molecule has 0 spiro atoms. The fourth-order valence-electron chi connectivity index (χ4n) is 2.22. The molecule has 16 heavy (non-hydrogen) atoms. The molecule has 1 fully saturated rings. The van der Waals surface area contributed by atoms with Crippen LogP contribution in [0.3, 0.4) is 0 Å². The van der Waals surface area contributed by atoms with E-state index in [1.807, 2.05) is 6.07 Å². The number of halogens is 1. The van der Waals surface area contributed by atoms with Gasteiger partial charge in [0.15, 0.2) is 0 Å². The average molecular weight is 221 g/mol. The van der Waals surface area contributed by atoms with Crippen LogP contribution in [0.4, 0.5) is 4.39 Å². The monoisotopic (exact) mass is 221 g/mol. The summed E-state index contributed by atoms with van der Waals surface area (Å²) in [6, 6.07) is 5.12. The van der Waals surface area contributed by atoms with Crippen LogP contribution in [0.5, 0.6) is 0 Å². The molecule has 0 aliphatic heterocycles. The molecule has 1 aromatic rings. The van der Waals surface area contributed by atoms with E-state index in [4.69, 9.17) is 0 Å². The lowest BCUT2D eigenvalue weighted by Crippen LogP contribution is -2.25. The Bertz CT molecular complexity index is 369. The SMILES string of the molecule is CCNCC1(Cc2cc(F)ccc2C)CC1. The molecule has 0 amide bonds. The summed E-state index contributed by atoms with van der Waals surface area (Å²) in [5.74, 6) is -0.111. The van der Waals surface area contributed by atoms with Gasteiger partial charge in [-0.1, -0.05) is 13.0 Å². The molecule has 0 heterocycles. The summed E-state index contributed by atoms with van der Waals surface area (Å²) >= 11 is 0. The maximum absolute atomic E-state index is 13.2. The number of aryl methyl sites for hydroxylation is 1. The first-order valence-electron chi connectivity index (χ1n) is 6.11. The molecule has 1 N–H and O–H groups in total. The standard InChI is InChI=1S/C14H20FN/c1-3-16-10-14(6-7-14)9-12-8-13(15)5-4-11(12)2/h4-5,8,16H,3,6-7,9-10H2,1-2H3. The summed E-state index contributed by atoms with van der Waals surface area (Å²) in [7, 11) is 0. The summed E-state index contributed by atoms with van der Waals surface area (Å²) in [4.78, 5) is 0. The third kappa shape index (κ3) is 2.62. The lowest BCUT2D eigenvalue weighted by atomic mass is 9.93. The highest BCUT2D eigenvalue weighted by Crippen LogP contribution is 2.48. The van der Waals surface area contributed by atoms with Gasteiger partial charge in [-0.2, -0.15) is 0 Å². The van der Waals surface area contributed by atoms with Crippen LogP contribution < -0.4 is 5.32 Å². The topological polar surface area (TPSA) is 12.0 Å². The number of hydrogen-bond donors (Lipinski definition) is 1. The lowest BCUT2D eigenvalue weighted by Gasteiger charge is -2.17. The van der Waals surface area contributed by atoms with E-state index in [1.54, 1.807) is 12.1 Å². The molecule has 0 atom stereocenters. The molecule has 0 bridgehead atoms. The minimum atomic E-state index is -0.111. The second-order valence-corrected chi connectivity index (χ2v) is 5.03. The van der Waals surface area contributed by atoms with Crippen molar-refractivity contribution in [3.05, 3.63) is 35.1 Å². The van der Waals surface area contributed by atoms with E-state index in [0.717, 1.165) is 19.5 Å². The Morgan fingerprint density at radius 3 is 2.75 bits per heavy atom. The first-order chi connectivity index (χ1) is 7.65. The molecule has 2 heteroatoms. The van der Waals surface area contributed by atoms with Crippen molar-refractivity contribution < 1.29 is 4.39 Å². The van der Waals surface area contributed by atoms with Gasteiger partial charge in [-0.25, -0.2) is 4.39 Å². The third-order valence-corrected chi connectivity index (χ3v) is 3.58. The summed E-state index contributed by atoms with van der Waals surface area (Å²) in [5, 5.41) is 3.41. The Labute approximate surface area is 97.1 Å². The Balaban J connectivity index is 2.05. The zero-order valence-corrected chi connectivity index (χ0v) is 10.1. The van der Waals surface area contributed by atoms with Gasteiger partial charge in [-0.05, 0) is 61.4 Å². The number of benzene rings is 1. The smallest absolute Gasteiger partial charge is 0.123 e. The van der Waals surface area contributed by atoms with Gasteiger partial charge < -0.3 is 5.32 Å². The van der Waals surface area contributed by atoms with Crippen molar-refractivity contribution in [3.8, 4) is 0 Å². The lowest BCUT2D eigenvalue weighted by molar-refractivity contribution is 0.461. The number of hydrogen-bond acceptors (Lipinski definition) is 1. The minimum Gasteiger partial charge on any atom is -0.316 e. The molecule has 1 saturated carbocycles. The van der Waals surface area contributed by atoms with Crippen LogP contribution >= 0.6 is 0 Å². The zero-order valence-electron chi connectivity index (χ0n) is 10.1. The van der Waals surface area contributed by atoms with Crippen molar-refractivity contribution in [1.82, 2.24) is 5.32 Å². The van der Waals surface area contributed by atoms with Gasteiger partial charge in [-0.3, -0.25) is 0 Å². The highest BCUT2D eigenvalue weighted by Gasteiger charge is 2.42. The second kappa shape index (κ2) is 4.54. The van der Waals surface area contributed by atoms with Gasteiger partial charge in [-0.15, -0.1) is 0 Å². The molecule has 1 aromatic carbocycles. The molecule has 88 valence electrons. The Hall–Kier alpha value is -0.890. The summed E-state index contributed by atoms with van der Waals surface area (Å²) in [6.07, 6.45) is 3.56. The summed E-state index contributed by atoms with van der Waals surface area (Å²) < 4.78 is 13.2. The Morgan fingerprint density at radius 1 is 1.38 bits per heavy atom. The maximum Gasteiger partial charge on any atom is 0.123 e. The highest BCUT2D eigenvalue weighted by atomic mass is 19.1. The predicted octanol–water partition coefficient (Wildman–Crippen LogP) is 3.07. The molecule has 1 nitrogen and oxygen atoms in total. The fourth-order valence-corrected chi connectivity index (χ4v) is 2.22. The van der Waals surface area contributed by atoms with E-state index in [0.29, 0.717) is 5.41 Å². The molecule has 0 saturated heterocycles. The molecule has 0 aromatic heterocycles. The van der Waals surface area contributed by atoms with Crippen molar-refractivity contribution in [2.45, 2.75) is 33.1 Å². The molecule has 2 rings (SSSR count). The third-order valence-electron chi connectivity index (χ3n) is 3.58. The Morgan fingerprint density at radius 2 is 2.12 bits per heavy atom. The van der Waals surface area contributed by atoms with Crippen molar-refractivity contribution in [2.24, 2.45) is 5.41 Å². The van der Waals surface area contributed by atoms with E-state index in [9.17, 15) is 4.39 Å². The number of nitrogens with one attached hydrogen (secondary N) is 1. The normalized spacial score (nSPS) is 17.4. The largest absolute Gasteiger partial charge is 0.316 e. The van der Waals surface area contributed by atoms with Crippen LogP contribution in [0, 0.1) is 18.2 Å². The Kier molecular flexibility index (Phi) is 3.29. The zero-order chi connectivity index (χ0) is 11.6. The van der Waals surface area contributed by atoms with Gasteiger partial charge in [0.2, 0.25) is 0 Å². The molecular weight excluding hydrogens is 201 g/mol. The van der Waals surface area contributed by atoms with Gasteiger partial charge in [0, 0.05) is 6.54 Å². The predicted molar refractivity (Wildman–Crippen MR) is 65.1 cm³/mol. The average Bonchev–Trinajstić information content (AvgIpc) is 3.01. The van der Waals surface area contributed by atoms with Gasteiger partial charge in [0.25, 0.3) is 0 Å². The van der Waals surface area contributed by atoms with Crippen LogP contribution in [0.15, 0.2) is 18.2 Å². The maximum atomic E-state index is 13.2. The van der Waals surface area contributed by atoms with E-state index >= 15 is 0 Å². The summed E-state index contributed by atoms with van der Waals surface area (Å²) in [5.41, 5.74) is 2.80. The molecule has 0 unspecified atom stereocenters. The molecule has 0 radical (unpaired) electrons. The van der Waals surface area contributed by atoms with Gasteiger partial charge in [0.05, 0.1) is 0 Å². The second-order valence-electron chi connectivity index (χ2n) is 5.03. The van der Waals surface area contributed by atoms with Crippen LogP contribution in [0.25, 0.3) is 0 Å². The quantitative estimate of drug-likeness (QED) is 0.805. The highest BCUT2D eigenvalue weighted by molar-refractivity contribution is 5.28. The van der Waals surface area contributed by atoms with Crippen LogP contribution in [0.1, 0.15) is 30.9 Å². The van der Waals surface area contributed by atoms with Crippen LogP contribution in [-0.2, 0) is 6.42 Å². The van der Waals surface area contributed by atoms with Gasteiger partial charge >= 0.3 is 0 Å². The van der Waals surface area contributed by atoms with Crippen LogP contribution in [-0.4, -0.2) is 13.1 Å². The van der Waals surface area contributed by atoms with Crippen molar-refractivity contribution in [3.63, 3.8) is 0 Å². The van der Waals surface area contributed by atoms with Crippen molar-refractivity contribution in [1.29, 1.82) is 0 Å². The van der Waals surface area contributed by atoms with E-state index < -0.39 is 0 Å². The first kappa shape index (κ1) is 11.6. The minimum absolute atomic E-state index is 0.111.